The number of thiophene rings is 1. The van der Waals surface area contributed by atoms with E-state index >= 15 is 0 Å². The Morgan fingerprint density at radius 1 is 1.19 bits per heavy atom. The normalized spacial score (nSPS) is 15.2. The fourth-order valence-electron chi connectivity index (χ4n) is 3.18. The van der Waals surface area contributed by atoms with Crippen molar-refractivity contribution in [1.29, 1.82) is 0 Å². The van der Waals surface area contributed by atoms with Crippen LogP contribution in [0.4, 0.5) is 11.6 Å². The number of fused-ring (bicyclic) bond motifs is 2. The first kappa shape index (κ1) is 15.0. The maximum atomic E-state index is 12.5. The number of nitrogens with zero attached hydrogens (tertiary/aromatic N) is 5. The summed E-state index contributed by atoms with van der Waals surface area (Å²) in [5.41, 5.74) is 3.67. The first-order valence-corrected chi connectivity index (χ1v) is 8.88. The average molecular weight is 363 g/mol. The van der Waals surface area contributed by atoms with Crippen molar-refractivity contribution in [2.45, 2.75) is 13.0 Å². The number of H-pyrrole nitrogens is 1. The number of tetrazole rings is 1. The molecule has 5 rings (SSSR count). The zero-order valence-corrected chi connectivity index (χ0v) is 14.5. The Bertz CT molecular complexity index is 1140. The van der Waals surface area contributed by atoms with Gasteiger partial charge in [0.05, 0.1) is 5.69 Å². The Labute approximate surface area is 151 Å². The van der Waals surface area contributed by atoms with Crippen LogP contribution in [0.15, 0.2) is 46.6 Å². The van der Waals surface area contributed by atoms with Crippen LogP contribution in [0.1, 0.15) is 22.0 Å². The average Bonchev–Trinajstić information content (AvgIpc) is 3.33. The largest absolute Gasteiger partial charge is 0.318 e. The molecule has 0 amide bonds. The van der Waals surface area contributed by atoms with Crippen LogP contribution in [0, 0.1) is 6.92 Å². The van der Waals surface area contributed by atoms with Gasteiger partial charge in [0.1, 0.15) is 11.7 Å². The summed E-state index contributed by atoms with van der Waals surface area (Å²) < 4.78 is 1.69. The third-order valence-electron chi connectivity index (χ3n) is 4.41. The lowest BCUT2D eigenvalue weighted by Gasteiger charge is -2.26. The van der Waals surface area contributed by atoms with Gasteiger partial charge in [-0.2, -0.15) is 9.78 Å². The third kappa shape index (κ3) is 2.17. The first-order valence-electron chi connectivity index (χ1n) is 8.00. The van der Waals surface area contributed by atoms with E-state index in [1.54, 1.807) is 16.0 Å². The summed E-state index contributed by atoms with van der Waals surface area (Å²) in [5.74, 6) is 0.433. The molecular formula is C17H13N7OS. The standard InChI is InChI=1S/C17H13N7OS/c1-9-4-6-10(7-5-9)13-12-14(16(25)20-19-13)18-17-21-22-23-24(17)15(12)11-3-2-8-26-11/h2-8,15H,1H3,(H,20,25)(H,18,21,23)/t15-/m0/s1. The van der Waals surface area contributed by atoms with Gasteiger partial charge in [-0.25, -0.2) is 5.10 Å². The zero-order valence-electron chi connectivity index (χ0n) is 13.7. The summed E-state index contributed by atoms with van der Waals surface area (Å²) in [5, 5.41) is 23.9. The van der Waals surface area contributed by atoms with Crippen molar-refractivity contribution in [3.8, 4) is 11.3 Å². The SMILES string of the molecule is Cc1ccc(-c2n[nH]c(=O)c3c2[C@H](c2cccs2)n2nnnc2N3)cc1. The van der Waals surface area contributed by atoms with Gasteiger partial charge >= 0.3 is 0 Å². The topological polar surface area (TPSA) is 101 Å². The van der Waals surface area contributed by atoms with E-state index < -0.39 is 0 Å². The van der Waals surface area contributed by atoms with Gasteiger partial charge < -0.3 is 5.32 Å². The van der Waals surface area contributed by atoms with E-state index in [2.05, 4.69) is 31.0 Å². The molecule has 0 radical (unpaired) electrons. The molecule has 0 fully saturated rings. The van der Waals surface area contributed by atoms with Crippen molar-refractivity contribution in [3.63, 3.8) is 0 Å². The van der Waals surface area contributed by atoms with Gasteiger partial charge in [0, 0.05) is 16.0 Å². The minimum Gasteiger partial charge on any atom is -0.318 e. The number of anilines is 2. The van der Waals surface area contributed by atoms with Crippen LogP contribution in [0.5, 0.6) is 0 Å². The predicted octanol–water partition coefficient (Wildman–Crippen LogP) is 2.49. The molecule has 1 aromatic carbocycles. The van der Waals surface area contributed by atoms with E-state index in [1.807, 2.05) is 48.7 Å². The highest BCUT2D eigenvalue weighted by Crippen LogP contribution is 2.42. The number of nitrogens with one attached hydrogen (secondary N) is 2. The quantitative estimate of drug-likeness (QED) is 0.500. The molecular weight excluding hydrogens is 350 g/mol. The molecule has 1 aliphatic heterocycles. The lowest BCUT2D eigenvalue weighted by molar-refractivity contribution is 0.574. The van der Waals surface area contributed by atoms with Crippen LogP contribution in [0.25, 0.3) is 11.3 Å². The van der Waals surface area contributed by atoms with Crippen LogP contribution in [-0.2, 0) is 0 Å². The summed E-state index contributed by atoms with van der Waals surface area (Å²) in [4.78, 5) is 13.5. The molecule has 26 heavy (non-hydrogen) atoms. The van der Waals surface area contributed by atoms with Crippen molar-refractivity contribution < 1.29 is 0 Å². The molecule has 0 saturated carbocycles. The highest BCUT2D eigenvalue weighted by Gasteiger charge is 2.34. The van der Waals surface area contributed by atoms with Gasteiger partial charge in [-0.05, 0) is 28.8 Å². The molecule has 0 unspecified atom stereocenters. The molecule has 0 spiro atoms. The predicted molar refractivity (Wildman–Crippen MR) is 97.7 cm³/mol. The lowest BCUT2D eigenvalue weighted by atomic mass is 9.96. The molecule has 0 aliphatic carbocycles. The summed E-state index contributed by atoms with van der Waals surface area (Å²) in [6.07, 6.45) is 0. The van der Waals surface area contributed by atoms with Crippen LogP contribution in [0.2, 0.25) is 0 Å². The smallest absolute Gasteiger partial charge is 0.288 e. The van der Waals surface area contributed by atoms with Crippen molar-refractivity contribution in [2.24, 2.45) is 0 Å². The zero-order chi connectivity index (χ0) is 17.7. The molecule has 128 valence electrons. The van der Waals surface area contributed by atoms with Crippen molar-refractivity contribution in [3.05, 3.63) is 68.1 Å². The molecule has 0 saturated heterocycles. The summed E-state index contributed by atoms with van der Waals surface area (Å²) in [7, 11) is 0. The van der Waals surface area contributed by atoms with Crippen molar-refractivity contribution in [2.75, 3.05) is 5.32 Å². The summed E-state index contributed by atoms with van der Waals surface area (Å²) >= 11 is 1.59. The van der Waals surface area contributed by atoms with E-state index in [1.165, 1.54) is 0 Å². The number of rotatable bonds is 2. The summed E-state index contributed by atoms with van der Waals surface area (Å²) in [6, 6.07) is 11.7. The lowest BCUT2D eigenvalue weighted by Crippen LogP contribution is -2.28. The Kier molecular flexibility index (Phi) is 3.22. The monoisotopic (exact) mass is 363 g/mol. The molecule has 4 heterocycles. The van der Waals surface area contributed by atoms with Crippen molar-refractivity contribution >= 4 is 23.0 Å². The van der Waals surface area contributed by atoms with E-state index in [0.717, 1.165) is 21.6 Å². The van der Waals surface area contributed by atoms with Crippen LogP contribution in [-0.4, -0.2) is 30.4 Å². The molecule has 4 aromatic rings. The first-order chi connectivity index (χ1) is 12.7. The number of hydrogen-bond donors (Lipinski definition) is 2. The van der Waals surface area contributed by atoms with Gasteiger partial charge in [0.25, 0.3) is 5.56 Å². The fraction of sp³-hybridized carbons (Fsp3) is 0.118. The molecule has 1 aliphatic rings. The highest BCUT2D eigenvalue weighted by molar-refractivity contribution is 7.10. The fourth-order valence-corrected chi connectivity index (χ4v) is 4.00. The van der Waals surface area contributed by atoms with Crippen LogP contribution >= 0.6 is 11.3 Å². The highest BCUT2D eigenvalue weighted by atomic mass is 32.1. The Hall–Kier alpha value is -3.33. The second-order valence-corrected chi connectivity index (χ2v) is 7.03. The third-order valence-corrected chi connectivity index (χ3v) is 5.33. The number of aromatic amines is 1. The molecule has 3 aromatic heterocycles. The maximum Gasteiger partial charge on any atom is 0.288 e. The molecule has 8 nitrogen and oxygen atoms in total. The van der Waals surface area contributed by atoms with Gasteiger partial charge in [-0.1, -0.05) is 41.0 Å². The van der Waals surface area contributed by atoms with Crippen LogP contribution < -0.4 is 10.9 Å². The van der Waals surface area contributed by atoms with E-state index in [4.69, 9.17) is 0 Å². The molecule has 1 atom stereocenters. The minimum atomic E-state index is -0.317. The second kappa shape index (κ2) is 5.60. The molecule has 2 N–H and O–H groups in total. The van der Waals surface area contributed by atoms with E-state index in [9.17, 15) is 4.79 Å². The van der Waals surface area contributed by atoms with Gasteiger partial charge in [0.2, 0.25) is 5.95 Å². The van der Waals surface area contributed by atoms with Crippen LogP contribution in [0.3, 0.4) is 0 Å². The van der Waals surface area contributed by atoms with Gasteiger partial charge in [-0.15, -0.1) is 11.3 Å². The van der Waals surface area contributed by atoms with E-state index in [0.29, 0.717) is 17.3 Å². The van der Waals surface area contributed by atoms with Gasteiger partial charge in [0.15, 0.2) is 0 Å². The number of hydrogen-bond acceptors (Lipinski definition) is 7. The van der Waals surface area contributed by atoms with Crippen molar-refractivity contribution in [1.82, 2.24) is 30.4 Å². The minimum absolute atomic E-state index is 0.299. The molecule has 0 bridgehead atoms. The molecule has 9 heteroatoms. The Balaban J connectivity index is 1.82. The Morgan fingerprint density at radius 3 is 2.81 bits per heavy atom. The number of aryl methyl sites for hydroxylation is 1. The second-order valence-electron chi connectivity index (χ2n) is 6.05. The summed E-state index contributed by atoms with van der Waals surface area (Å²) in [6.45, 7) is 2.03. The van der Waals surface area contributed by atoms with Gasteiger partial charge in [-0.3, -0.25) is 4.79 Å². The number of benzene rings is 1. The van der Waals surface area contributed by atoms with E-state index in [-0.39, 0.29) is 11.6 Å². The Morgan fingerprint density at radius 2 is 2.04 bits per heavy atom. The number of aromatic nitrogens is 6. The maximum absolute atomic E-state index is 12.5.